The normalized spacial score (nSPS) is 11.1. The number of hydrogen-bond donors (Lipinski definition) is 0. The second kappa shape index (κ2) is 7.66. The molecule has 0 radical (unpaired) electrons. The molecule has 0 aliphatic heterocycles. The van der Waals surface area contributed by atoms with Crippen molar-refractivity contribution < 1.29 is 14.3 Å². The van der Waals surface area contributed by atoms with Crippen molar-refractivity contribution in [3.8, 4) is 5.75 Å². The lowest BCUT2D eigenvalue weighted by molar-refractivity contribution is -0.137. The van der Waals surface area contributed by atoms with Gasteiger partial charge in [0, 0.05) is 16.7 Å². The largest absolute Gasteiger partial charge is 0.497 e. The van der Waals surface area contributed by atoms with Gasteiger partial charge >= 0.3 is 5.97 Å². The maximum atomic E-state index is 11.9. The minimum Gasteiger partial charge on any atom is -0.497 e. The summed E-state index contributed by atoms with van der Waals surface area (Å²) in [5.41, 5.74) is 2.30. The third kappa shape index (κ3) is 3.89. The molecular formula is C18H17ClO3. The van der Waals surface area contributed by atoms with Gasteiger partial charge in [0.15, 0.2) is 0 Å². The van der Waals surface area contributed by atoms with Gasteiger partial charge in [-0.1, -0.05) is 41.9 Å². The van der Waals surface area contributed by atoms with Crippen LogP contribution in [-0.2, 0) is 9.53 Å². The second-order valence-electron chi connectivity index (χ2n) is 4.52. The summed E-state index contributed by atoms with van der Waals surface area (Å²) in [5.74, 6) is 0.305. The summed E-state index contributed by atoms with van der Waals surface area (Å²) in [5, 5.41) is 0.570. The summed E-state index contributed by atoms with van der Waals surface area (Å²) in [6, 6.07) is 14.8. The number of carbonyl (C=O) groups excluding carboxylic acids is 1. The SMILES string of the molecule is CCOC(=O)/C=C(/c1cccc(OC)c1)c1ccccc1Cl. The van der Waals surface area contributed by atoms with Crippen molar-refractivity contribution in [3.05, 3.63) is 70.8 Å². The van der Waals surface area contributed by atoms with Gasteiger partial charge < -0.3 is 9.47 Å². The zero-order chi connectivity index (χ0) is 15.9. The summed E-state index contributed by atoms with van der Waals surface area (Å²) < 4.78 is 10.3. The van der Waals surface area contributed by atoms with Gasteiger partial charge in [0.1, 0.15) is 5.75 Å². The molecule has 0 fully saturated rings. The van der Waals surface area contributed by atoms with Crippen molar-refractivity contribution in [1.29, 1.82) is 0 Å². The Bertz CT molecular complexity index is 692. The standard InChI is InChI=1S/C18H17ClO3/c1-3-22-18(20)12-16(15-9-4-5-10-17(15)19)13-7-6-8-14(11-13)21-2/h4-12H,3H2,1-2H3/b16-12-. The summed E-state index contributed by atoms with van der Waals surface area (Å²) in [6.45, 7) is 2.09. The van der Waals surface area contributed by atoms with Crippen LogP contribution in [0.15, 0.2) is 54.6 Å². The van der Waals surface area contributed by atoms with Crippen LogP contribution in [0.3, 0.4) is 0 Å². The summed E-state index contributed by atoms with van der Waals surface area (Å²) in [6.07, 6.45) is 1.46. The smallest absolute Gasteiger partial charge is 0.331 e. The molecule has 2 rings (SSSR count). The predicted octanol–water partition coefficient (Wildman–Crippen LogP) is 4.34. The number of esters is 1. The molecule has 3 nitrogen and oxygen atoms in total. The van der Waals surface area contributed by atoms with Crippen LogP contribution in [0.1, 0.15) is 18.1 Å². The molecule has 0 aliphatic carbocycles. The first-order valence-corrected chi connectivity index (χ1v) is 7.31. The zero-order valence-corrected chi connectivity index (χ0v) is 13.3. The van der Waals surface area contributed by atoms with Crippen LogP contribution in [-0.4, -0.2) is 19.7 Å². The van der Waals surface area contributed by atoms with Crippen LogP contribution >= 0.6 is 11.6 Å². The third-order valence-corrected chi connectivity index (χ3v) is 3.42. The molecule has 2 aromatic rings. The molecule has 0 atom stereocenters. The van der Waals surface area contributed by atoms with E-state index < -0.39 is 5.97 Å². The van der Waals surface area contributed by atoms with E-state index in [2.05, 4.69) is 0 Å². The molecule has 4 heteroatoms. The third-order valence-electron chi connectivity index (χ3n) is 3.09. The number of methoxy groups -OCH3 is 1. The molecule has 0 saturated heterocycles. The highest BCUT2D eigenvalue weighted by atomic mass is 35.5. The highest BCUT2D eigenvalue weighted by Crippen LogP contribution is 2.31. The van der Waals surface area contributed by atoms with E-state index >= 15 is 0 Å². The van der Waals surface area contributed by atoms with E-state index in [9.17, 15) is 4.79 Å². The quantitative estimate of drug-likeness (QED) is 0.608. The number of ether oxygens (including phenoxy) is 2. The number of benzene rings is 2. The number of rotatable bonds is 5. The fraction of sp³-hybridized carbons (Fsp3) is 0.167. The van der Waals surface area contributed by atoms with Crippen LogP contribution in [0.25, 0.3) is 5.57 Å². The lowest BCUT2D eigenvalue weighted by Gasteiger charge is -2.11. The van der Waals surface area contributed by atoms with Crippen molar-refractivity contribution in [2.45, 2.75) is 6.92 Å². The van der Waals surface area contributed by atoms with E-state index in [0.717, 1.165) is 11.1 Å². The van der Waals surface area contributed by atoms with E-state index in [1.54, 1.807) is 20.1 Å². The van der Waals surface area contributed by atoms with Gasteiger partial charge in [0.05, 0.1) is 13.7 Å². The predicted molar refractivity (Wildman–Crippen MR) is 88.2 cm³/mol. The van der Waals surface area contributed by atoms with E-state index in [1.165, 1.54) is 6.08 Å². The minimum absolute atomic E-state index is 0.323. The molecule has 0 amide bonds. The Morgan fingerprint density at radius 3 is 2.64 bits per heavy atom. The Balaban J connectivity index is 2.55. The molecule has 2 aromatic carbocycles. The van der Waals surface area contributed by atoms with Gasteiger partial charge in [-0.3, -0.25) is 0 Å². The fourth-order valence-corrected chi connectivity index (χ4v) is 2.33. The van der Waals surface area contributed by atoms with Gasteiger partial charge in [-0.05, 0) is 36.3 Å². The van der Waals surface area contributed by atoms with Crippen molar-refractivity contribution in [2.24, 2.45) is 0 Å². The molecule has 0 aromatic heterocycles. The van der Waals surface area contributed by atoms with E-state index in [1.807, 2.05) is 42.5 Å². The fourth-order valence-electron chi connectivity index (χ4n) is 2.09. The van der Waals surface area contributed by atoms with Gasteiger partial charge in [0.25, 0.3) is 0 Å². The highest BCUT2D eigenvalue weighted by Gasteiger charge is 2.12. The maximum absolute atomic E-state index is 11.9. The molecule has 0 saturated carbocycles. The topological polar surface area (TPSA) is 35.5 Å². The minimum atomic E-state index is -0.403. The summed E-state index contributed by atoms with van der Waals surface area (Å²) in [7, 11) is 1.60. The first kappa shape index (κ1) is 16.1. The van der Waals surface area contributed by atoms with Crippen molar-refractivity contribution in [1.82, 2.24) is 0 Å². The highest BCUT2D eigenvalue weighted by molar-refractivity contribution is 6.32. The molecule has 0 heterocycles. The summed E-state index contributed by atoms with van der Waals surface area (Å²) in [4.78, 5) is 11.9. The maximum Gasteiger partial charge on any atom is 0.331 e. The molecule has 0 aliphatic rings. The molecule has 0 unspecified atom stereocenters. The van der Waals surface area contributed by atoms with Gasteiger partial charge in [-0.25, -0.2) is 4.79 Å². The lowest BCUT2D eigenvalue weighted by atomic mass is 9.97. The van der Waals surface area contributed by atoms with Gasteiger partial charge in [-0.2, -0.15) is 0 Å². The average molecular weight is 317 g/mol. The van der Waals surface area contributed by atoms with Crippen molar-refractivity contribution in [3.63, 3.8) is 0 Å². The molecule has 0 bridgehead atoms. The molecule has 0 N–H and O–H groups in total. The average Bonchev–Trinajstić information content (AvgIpc) is 2.54. The van der Waals surface area contributed by atoms with Crippen LogP contribution in [0.4, 0.5) is 0 Å². The number of halogens is 1. The van der Waals surface area contributed by atoms with E-state index in [-0.39, 0.29) is 0 Å². The van der Waals surface area contributed by atoms with Gasteiger partial charge in [-0.15, -0.1) is 0 Å². The van der Waals surface area contributed by atoms with E-state index in [0.29, 0.717) is 23.0 Å². The first-order valence-electron chi connectivity index (χ1n) is 6.93. The van der Waals surface area contributed by atoms with Crippen LogP contribution in [0, 0.1) is 0 Å². The monoisotopic (exact) mass is 316 g/mol. The van der Waals surface area contributed by atoms with Gasteiger partial charge in [0.2, 0.25) is 0 Å². The second-order valence-corrected chi connectivity index (χ2v) is 4.93. The first-order chi connectivity index (χ1) is 10.7. The van der Waals surface area contributed by atoms with Crippen molar-refractivity contribution in [2.75, 3.05) is 13.7 Å². The van der Waals surface area contributed by atoms with Crippen LogP contribution < -0.4 is 4.74 Å². The summed E-state index contributed by atoms with van der Waals surface area (Å²) >= 11 is 6.28. The van der Waals surface area contributed by atoms with Crippen LogP contribution in [0.2, 0.25) is 5.02 Å². The Morgan fingerprint density at radius 1 is 1.18 bits per heavy atom. The Labute approximate surface area is 135 Å². The zero-order valence-electron chi connectivity index (χ0n) is 12.5. The van der Waals surface area contributed by atoms with Crippen molar-refractivity contribution >= 4 is 23.1 Å². The molecule has 114 valence electrons. The molecule has 22 heavy (non-hydrogen) atoms. The Kier molecular flexibility index (Phi) is 5.61. The molecular weight excluding hydrogens is 300 g/mol. The Hall–Kier alpha value is -2.26. The lowest BCUT2D eigenvalue weighted by Crippen LogP contribution is -2.02. The van der Waals surface area contributed by atoms with Crippen LogP contribution in [0.5, 0.6) is 5.75 Å². The Morgan fingerprint density at radius 2 is 1.95 bits per heavy atom. The number of hydrogen-bond acceptors (Lipinski definition) is 3. The number of carbonyl (C=O) groups is 1. The van der Waals surface area contributed by atoms with E-state index in [4.69, 9.17) is 21.1 Å². The molecule has 0 spiro atoms.